The van der Waals surface area contributed by atoms with Gasteiger partial charge in [0.25, 0.3) is 0 Å². The van der Waals surface area contributed by atoms with Crippen LogP contribution in [0.3, 0.4) is 0 Å². The van der Waals surface area contributed by atoms with Gasteiger partial charge in [0.05, 0.1) is 12.4 Å². The SMILES string of the molecule is CC(C(c1ccc2c(OCc3ccc(C(N)=O)cc3)cccc2c1)n1ccnc1)N(C)C. The zero-order valence-electron chi connectivity index (χ0n) is 18.6. The van der Waals surface area contributed by atoms with Gasteiger partial charge in [0.15, 0.2) is 0 Å². The normalized spacial score (nSPS) is 13.2. The molecule has 0 saturated carbocycles. The summed E-state index contributed by atoms with van der Waals surface area (Å²) in [5.74, 6) is 0.396. The van der Waals surface area contributed by atoms with Crippen molar-refractivity contribution in [3.05, 3.63) is 96.1 Å². The molecule has 1 heterocycles. The number of carbonyl (C=O) groups excluding carboxylic acids is 1. The Kier molecular flexibility index (Phi) is 6.23. The summed E-state index contributed by atoms with van der Waals surface area (Å²) < 4.78 is 8.28. The summed E-state index contributed by atoms with van der Waals surface area (Å²) in [7, 11) is 4.19. The molecular formula is C26H28N4O2. The molecule has 0 radical (unpaired) electrons. The van der Waals surface area contributed by atoms with Gasteiger partial charge in [-0.15, -0.1) is 0 Å². The van der Waals surface area contributed by atoms with E-state index in [0.29, 0.717) is 12.2 Å². The fourth-order valence-electron chi connectivity index (χ4n) is 3.92. The molecule has 2 N–H and O–H groups in total. The second-order valence-electron chi connectivity index (χ2n) is 8.25. The van der Waals surface area contributed by atoms with E-state index in [2.05, 4.69) is 59.7 Å². The molecule has 0 aliphatic heterocycles. The molecule has 0 bridgehead atoms. The number of primary amides is 1. The summed E-state index contributed by atoms with van der Waals surface area (Å²) in [6.07, 6.45) is 5.70. The van der Waals surface area contributed by atoms with Crippen molar-refractivity contribution >= 4 is 16.7 Å². The Bertz CT molecular complexity index is 1200. The molecule has 0 aliphatic carbocycles. The van der Waals surface area contributed by atoms with E-state index in [0.717, 1.165) is 22.1 Å². The number of hydrogen-bond donors (Lipinski definition) is 1. The van der Waals surface area contributed by atoms with E-state index in [1.807, 2.05) is 43.0 Å². The van der Waals surface area contributed by atoms with E-state index in [-0.39, 0.29) is 12.1 Å². The third kappa shape index (κ3) is 4.50. The van der Waals surface area contributed by atoms with Gasteiger partial charge in [-0.1, -0.05) is 36.4 Å². The molecule has 0 spiro atoms. The van der Waals surface area contributed by atoms with Gasteiger partial charge in [0.1, 0.15) is 12.4 Å². The number of likely N-dealkylation sites (N-methyl/N-ethyl adjacent to an activating group) is 1. The van der Waals surface area contributed by atoms with Gasteiger partial charge in [0, 0.05) is 29.4 Å². The summed E-state index contributed by atoms with van der Waals surface area (Å²) in [5, 5.41) is 2.19. The largest absolute Gasteiger partial charge is 0.488 e. The van der Waals surface area contributed by atoms with Crippen LogP contribution in [-0.4, -0.2) is 40.5 Å². The van der Waals surface area contributed by atoms with Crippen molar-refractivity contribution in [2.45, 2.75) is 25.6 Å². The Morgan fingerprint density at radius 1 is 1.12 bits per heavy atom. The summed E-state index contributed by atoms with van der Waals surface area (Å²) in [6.45, 7) is 2.63. The first kappa shape index (κ1) is 21.6. The molecule has 2 atom stereocenters. The predicted molar refractivity (Wildman–Crippen MR) is 127 cm³/mol. The van der Waals surface area contributed by atoms with Crippen LogP contribution in [0.4, 0.5) is 0 Å². The summed E-state index contributed by atoms with van der Waals surface area (Å²) in [6, 6.07) is 20.2. The van der Waals surface area contributed by atoms with Crippen molar-refractivity contribution in [1.29, 1.82) is 0 Å². The fraction of sp³-hybridized carbons (Fsp3) is 0.231. The molecule has 4 aromatic rings. The molecule has 164 valence electrons. The number of aromatic nitrogens is 2. The maximum Gasteiger partial charge on any atom is 0.248 e. The molecule has 1 aromatic heterocycles. The van der Waals surface area contributed by atoms with E-state index in [1.54, 1.807) is 12.1 Å². The minimum absolute atomic E-state index is 0.144. The van der Waals surface area contributed by atoms with Crippen LogP contribution in [0.1, 0.15) is 34.5 Å². The molecule has 0 fully saturated rings. The Balaban J connectivity index is 1.61. The second-order valence-corrected chi connectivity index (χ2v) is 8.25. The number of hydrogen-bond acceptors (Lipinski definition) is 4. The van der Waals surface area contributed by atoms with Crippen LogP contribution in [0.25, 0.3) is 10.8 Å². The molecule has 1 amide bonds. The van der Waals surface area contributed by atoms with E-state index in [4.69, 9.17) is 10.5 Å². The van der Waals surface area contributed by atoms with Crippen molar-refractivity contribution in [1.82, 2.24) is 14.5 Å². The van der Waals surface area contributed by atoms with Crippen LogP contribution < -0.4 is 10.5 Å². The maximum atomic E-state index is 11.3. The van der Waals surface area contributed by atoms with E-state index < -0.39 is 5.91 Å². The Morgan fingerprint density at radius 3 is 2.56 bits per heavy atom. The van der Waals surface area contributed by atoms with Crippen LogP contribution in [0.5, 0.6) is 5.75 Å². The van der Waals surface area contributed by atoms with Gasteiger partial charge in [-0.25, -0.2) is 4.98 Å². The zero-order chi connectivity index (χ0) is 22.7. The molecule has 2 unspecified atom stereocenters. The number of carbonyl (C=O) groups is 1. The first-order chi connectivity index (χ1) is 15.4. The number of fused-ring (bicyclic) bond motifs is 1. The van der Waals surface area contributed by atoms with Crippen molar-refractivity contribution in [3.63, 3.8) is 0 Å². The topological polar surface area (TPSA) is 73.4 Å². The van der Waals surface area contributed by atoms with Crippen molar-refractivity contribution in [2.75, 3.05) is 14.1 Å². The molecule has 0 saturated heterocycles. The molecular weight excluding hydrogens is 400 g/mol. The molecule has 4 rings (SSSR count). The Morgan fingerprint density at radius 2 is 1.91 bits per heavy atom. The highest BCUT2D eigenvalue weighted by Crippen LogP contribution is 2.32. The lowest BCUT2D eigenvalue weighted by atomic mass is 9.96. The monoisotopic (exact) mass is 428 g/mol. The average molecular weight is 429 g/mol. The van der Waals surface area contributed by atoms with E-state index in [9.17, 15) is 4.79 Å². The minimum atomic E-state index is -0.431. The standard InChI is InChI=1S/C26H28N4O2/c1-18(29(2)3)25(30-14-13-28-17-30)22-11-12-23-21(15-22)5-4-6-24(23)32-16-19-7-9-20(10-8-19)26(27)31/h4-15,17-18,25H,16H2,1-3H3,(H2,27,31). The molecule has 0 aliphatic rings. The van der Waals surface area contributed by atoms with Crippen molar-refractivity contribution < 1.29 is 9.53 Å². The number of ether oxygens (including phenoxy) is 1. The quantitative estimate of drug-likeness (QED) is 0.455. The van der Waals surface area contributed by atoms with Crippen LogP contribution >= 0.6 is 0 Å². The van der Waals surface area contributed by atoms with Gasteiger partial charge in [-0.3, -0.25) is 4.79 Å². The molecule has 6 heteroatoms. The first-order valence-corrected chi connectivity index (χ1v) is 10.6. The van der Waals surface area contributed by atoms with Gasteiger partial charge >= 0.3 is 0 Å². The predicted octanol–water partition coefficient (Wildman–Crippen LogP) is 4.25. The van der Waals surface area contributed by atoms with Gasteiger partial charge in [-0.2, -0.15) is 0 Å². The van der Waals surface area contributed by atoms with Crippen LogP contribution in [0.2, 0.25) is 0 Å². The fourth-order valence-corrected chi connectivity index (χ4v) is 3.92. The number of benzene rings is 3. The van der Waals surface area contributed by atoms with Crippen LogP contribution in [0.15, 0.2) is 79.4 Å². The Hall–Kier alpha value is -3.64. The average Bonchev–Trinajstić information content (AvgIpc) is 3.32. The van der Waals surface area contributed by atoms with Gasteiger partial charge in [-0.05, 0) is 61.8 Å². The van der Waals surface area contributed by atoms with Gasteiger partial charge in [0.2, 0.25) is 5.91 Å². The number of amides is 1. The first-order valence-electron chi connectivity index (χ1n) is 10.6. The zero-order valence-corrected chi connectivity index (χ0v) is 18.6. The molecule has 3 aromatic carbocycles. The number of nitrogens with two attached hydrogens (primary N) is 1. The second kappa shape index (κ2) is 9.24. The summed E-state index contributed by atoms with van der Waals surface area (Å²) in [4.78, 5) is 17.7. The third-order valence-corrected chi connectivity index (χ3v) is 5.96. The molecule has 32 heavy (non-hydrogen) atoms. The van der Waals surface area contributed by atoms with E-state index in [1.165, 1.54) is 5.56 Å². The lowest BCUT2D eigenvalue weighted by molar-refractivity contribution is 0.1000. The lowest BCUT2D eigenvalue weighted by Crippen LogP contribution is -2.34. The Labute approximate surface area is 188 Å². The molecule has 6 nitrogen and oxygen atoms in total. The highest BCUT2D eigenvalue weighted by Gasteiger charge is 2.23. The van der Waals surface area contributed by atoms with Crippen molar-refractivity contribution in [2.24, 2.45) is 5.73 Å². The summed E-state index contributed by atoms with van der Waals surface area (Å²) in [5.41, 5.74) is 8.00. The van der Waals surface area contributed by atoms with E-state index >= 15 is 0 Å². The van der Waals surface area contributed by atoms with Crippen LogP contribution in [0, 0.1) is 0 Å². The number of nitrogens with zero attached hydrogens (tertiary/aromatic N) is 3. The maximum absolute atomic E-state index is 11.3. The lowest BCUT2D eigenvalue weighted by Gasteiger charge is -2.31. The summed E-state index contributed by atoms with van der Waals surface area (Å²) >= 11 is 0. The number of rotatable bonds is 8. The van der Waals surface area contributed by atoms with Crippen molar-refractivity contribution in [3.8, 4) is 5.75 Å². The third-order valence-electron chi connectivity index (χ3n) is 5.96. The van der Waals surface area contributed by atoms with Crippen LogP contribution in [-0.2, 0) is 6.61 Å². The number of imidazole rings is 1. The smallest absolute Gasteiger partial charge is 0.248 e. The highest BCUT2D eigenvalue weighted by molar-refractivity contribution is 5.92. The van der Waals surface area contributed by atoms with Gasteiger partial charge < -0.3 is 19.9 Å². The minimum Gasteiger partial charge on any atom is -0.488 e. The highest BCUT2D eigenvalue weighted by atomic mass is 16.5.